The van der Waals surface area contributed by atoms with Crippen LogP contribution < -0.4 is 9.47 Å². The molecule has 0 radical (unpaired) electrons. The van der Waals surface area contributed by atoms with Crippen molar-refractivity contribution in [3.05, 3.63) is 59.9 Å². The number of methoxy groups -OCH3 is 2. The standard InChI is InChI=1S/C23H25NO4/c1-26-18-9-10-20(22(13-18)27-2)23(25)17-7-5-11-24(14-17)15-19-12-16-6-3-4-8-21(16)28-19/h3-4,6,8-10,12-13,17H,5,7,11,14-15H2,1-2H3. The van der Waals surface area contributed by atoms with Crippen molar-refractivity contribution in [3.63, 3.8) is 0 Å². The molecular formula is C23H25NO4. The maximum absolute atomic E-state index is 13.1. The molecule has 1 saturated heterocycles. The summed E-state index contributed by atoms with van der Waals surface area (Å²) in [6, 6.07) is 15.5. The fourth-order valence-electron chi connectivity index (χ4n) is 3.97. The summed E-state index contributed by atoms with van der Waals surface area (Å²) >= 11 is 0. The summed E-state index contributed by atoms with van der Waals surface area (Å²) in [6.07, 6.45) is 1.89. The molecule has 1 atom stereocenters. The summed E-state index contributed by atoms with van der Waals surface area (Å²) < 4.78 is 16.6. The van der Waals surface area contributed by atoms with Crippen LogP contribution in [0.25, 0.3) is 11.0 Å². The molecule has 0 amide bonds. The minimum Gasteiger partial charge on any atom is -0.497 e. The molecular weight excluding hydrogens is 354 g/mol. The first kappa shape index (κ1) is 18.6. The van der Waals surface area contributed by atoms with Crippen LogP contribution in [0, 0.1) is 5.92 Å². The number of likely N-dealkylation sites (tertiary alicyclic amines) is 1. The zero-order valence-corrected chi connectivity index (χ0v) is 16.3. The molecule has 1 unspecified atom stereocenters. The number of fused-ring (bicyclic) bond motifs is 1. The normalized spacial score (nSPS) is 17.6. The second-order valence-electron chi connectivity index (χ2n) is 7.26. The van der Waals surface area contributed by atoms with Crippen molar-refractivity contribution in [2.45, 2.75) is 19.4 Å². The first-order chi connectivity index (χ1) is 13.7. The lowest BCUT2D eigenvalue weighted by molar-refractivity contribution is 0.0800. The van der Waals surface area contributed by atoms with E-state index in [-0.39, 0.29) is 11.7 Å². The lowest BCUT2D eigenvalue weighted by atomic mass is 9.89. The van der Waals surface area contributed by atoms with Crippen molar-refractivity contribution >= 4 is 16.8 Å². The predicted molar refractivity (Wildman–Crippen MR) is 108 cm³/mol. The van der Waals surface area contributed by atoms with Crippen molar-refractivity contribution < 1.29 is 18.7 Å². The molecule has 0 aliphatic carbocycles. The molecule has 5 heteroatoms. The largest absolute Gasteiger partial charge is 0.497 e. The molecule has 2 heterocycles. The van der Waals surface area contributed by atoms with Crippen molar-refractivity contribution in [2.24, 2.45) is 5.92 Å². The average Bonchev–Trinajstić information content (AvgIpc) is 3.15. The van der Waals surface area contributed by atoms with Crippen LogP contribution in [0.4, 0.5) is 0 Å². The number of furan rings is 1. The number of rotatable bonds is 6. The number of ketones is 1. The maximum atomic E-state index is 13.1. The van der Waals surface area contributed by atoms with Crippen LogP contribution in [-0.2, 0) is 6.54 Å². The smallest absolute Gasteiger partial charge is 0.170 e. The molecule has 2 aromatic carbocycles. The zero-order valence-electron chi connectivity index (χ0n) is 16.3. The third-order valence-electron chi connectivity index (χ3n) is 5.41. The van der Waals surface area contributed by atoms with E-state index in [0.29, 0.717) is 17.1 Å². The molecule has 1 fully saturated rings. The second-order valence-corrected chi connectivity index (χ2v) is 7.26. The fourth-order valence-corrected chi connectivity index (χ4v) is 3.97. The summed E-state index contributed by atoms with van der Waals surface area (Å²) in [5, 5.41) is 1.12. The minimum atomic E-state index is -0.0413. The number of Topliss-reactive ketones (excluding diaryl/α,β-unsaturated/α-hetero) is 1. The first-order valence-electron chi connectivity index (χ1n) is 9.64. The van der Waals surface area contributed by atoms with Gasteiger partial charge in [0.05, 0.1) is 26.3 Å². The minimum absolute atomic E-state index is 0.0413. The number of carbonyl (C=O) groups is 1. The Kier molecular flexibility index (Phi) is 5.35. The summed E-state index contributed by atoms with van der Waals surface area (Å²) in [7, 11) is 3.19. The Labute approximate surface area is 164 Å². The second kappa shape index (κ2) is 8.07. The van der Waals surface area contributed by atoms with Gasteiger partial charge < -0.3 is 13.9 Å². The van der Waals surface area contributed by atoms with Crippen LogP contribution in [-0.4, -0.2) is 38.0 Å². The number of piperidine rings is 1. The Bertz CT molecular complexity index is 945. The molecule has 3 aromatic rings. The lowest BCUT2D eigenvalue weighted by Crippen LogP contribution is -2.38. The van der Waals surface area contributed by atoms with E-state index in [0.717, 1.165) is 49.2 Å². The van der Waals surface area contributed by atoms with Gasteiger partial charge >= 0.3 is 0 Å². The highest BCUT2D eigenvalue weighted by atomic mass is 16.5. The number of hydrogen-bond donors (Lipinski definition) is 0. The molecule has 1 aromatic heterocycles. The van der Waals surface area contributed by atoms with Crippen LogP contribution in [0.3, 0.4) is 0 Å². The Hall–Kier alpha value is -2.79. The van der Waals surface area contributed by atoms with E-state index in [2.05, 4.69) is 17.0 Å². The van der Waals surface area contributed by atoms with Gasteiger partial charge in [-0.1, -0.05) is 18.2 Å². The van der Waals surface area contributed by atoms with Gasteiger partial charge in [-0.2, -0.15) is 0 Å². The van der Waals surface area contributed by atoms with Crippen LogP contribution in [0.5, 0.6) is 11.5 Å². The van der Waals surface area contributed by atoms with Crippen molar-refractivity contribution in [1.29, 1.82) is 0 Å². The first-order valence-corrected chi connectivity index (χ1v) is 9.64. The van der Waals surface area contributed by atoms with Gasteiger partial charge in [0.25, 0.3) is 0 Å². The van der Waals surface area contributed by atoms with Gasteiger partial charge in [-0.15, -0.1) is 0 Å². The number of benzene rings is 2. The number of carbonyl (C=O) groups excluding carboxylic acids is 1. The third kappa shape index (κ3) is 3.76. The molecule has 0 N–H and O–H groups in total. The molecule has 28 heavy (non-hydrogen) atoms. The summed E-state index contributed by atoms with van der Waals surface area (Å²) in [6.45, 7) is 2.42. The molecule has 1 aliphatic rings. The Morgan fingerprint density at radius 1 is 1.14 bits per heavy atom. The van der Waals surface area contributed by atoms with Crippen molar-refractivity contribution in [2.75, 3.05) is 27.3 Å². The van der Waals surface area contributed by atoms with Gasteiger partial charge in [0.2, 0.25) is 0 Å². The van der Waals surface area contributed by atoms with Gasteiger partial charge in [0.1, 0.15) is 22.8 Å². The Morgan fingerprint density at radius 2 is 2.00 bits per heavy atom. The van der Waals surface area contributed by atoms with E-state index >= 15 is 0 Å². The number of nitrogens with zero attached hydrogens (tertiary/aromatic N) is 1. The van der Waals surface area contributed by atoms with Crippen molar-refractivity contribution in [1.82, 2.24) is 4.90 Å². The van der Waals surface area contributed by atoms with E-state index in [1.165, 1.54) is 0 Å². The van der Waals surface area contributed by atoms with E-state index in [1.54, 1.807) is 26.4 Å². The molecule has 0 spiro atoms. The lowest BCUT2D eigenvalue weighted by Gasteiger charge is -2.31. The van der Waals surface area contributed by atoms with E-state index in [4.69, 9.17) is 13.9 Å². The number of para-hydroxylation sites is 1. The molecule has 146 valence electrons. The Balaban J connectivity index is 1.48. The van der Waals surface area contributed by atoms with E-state index < -0.39 is 0 Å². The van der Waals surface area contributed by atoms with E-state index in [9.17, 15) is 4.79 Å². The highest BCUT2D eigenvalue weighted by Crippen LogP contribution is 2.30. The van der Waals surface area contributed by atoms with Gasteiger partial charge in [-0.05, 0) is 43.7 Å². The molecule has 5 nitrogen and oxygen atoms in total. The van der Waals surface area contributed by atoms with Crippen LogP contribution >= 0.6 is 0 Å². The average molecular weight is 379 g/mol. The van der Waals surface area contributed by atoms with Gasteiger partial charge in [0.15, 0.2) is 5.78 Å². The van der Waals surface area contributed by atoms with Crippen LogP contribution in [0.1, 0.15) is 29.0 Å². The molecule has 1 aliphatic heterocycles. The van der Waals surface area contributed by atoms with Crippen LogP contribution in [0.15, 0.2) is 52.9 Å². The fraction of sp³-hybridized carbons (Fsp3) is 0.348. The van der Waals surface area contributed by atoms with E-state index in [1.807, 2.05) is 24.3 Å². The maximum Gasteiger partial charge on any atom is 0.170 e. The summed E-state index contributed by atoms with van der Waals surface area (Å²) in [4.78, 5) is 15.5. The van der Waals surface area contributed by atoms with Gasteiger partial charge in [0, 0.05) is 23.9 Å². The third-order valence-corrected chi connectivity index (χ3v) is 5.41. The SMILES string of the molecule is COc1ccc(C(=O)C2CCCN(Cc3cc4ccccc4o3)C2)c(OC)c1. The quantitative estimate of drug-likeness (QED) is 0.588. The topological polar surface area (TPSA) is 51.9 Å². The molecule has 4 rings (SSSR count). The number of hydrogen-bond acceptors (Lipinski definition) is 5. The van der Waals surface area contributed by atoms with Gasteiger partial charge in [-0.25, -0.2) is 0 Å². The molecule has 0 bridgehead atoms. The van der Waals surface area contributed by atoms with Crippen LogP contribution in [0.2, 0.25) is 0 Å². The van der Waals surface area contributed by atoms with Crippen molar-refractivity contribution in [3.8, 4) is 11.5 Å². The zero-order chi connectivity index (χ0) is 19.5. The molecule has 0 saturated carbocycles. The summed E-state index contributed by atoms with van der Waals surface area (Å²) in [5.74, 6) is 2.29. The summed E-state index contributed by atoms with van der Waals surface area (Å²) in [5.41, 5.74) is 1.53. The number of ether oxygens (including phenoxy) is 2. The highest BCUT2D eigenvalue weighted by Gasteiger charge is 2.29. The monoisotopic (exact) mass is 379 g/mol. The highest BCUT2D eigenvalue weighted by molar-refractivity contribution is 6.00. The predicted octanol–water partition coefficient (Wildman–Crippen LogP) is 4.54. The van der Waals surface area contributed by atoms with Gasteiger partial charge in [-0.3, -0.25) is 9.69 Å². The Morgan fingerprint density at radius 3 is 2.79 bits per heavy atom.